The van der Waals surface area contributed by atoms with E-state index in [1.807, 2.05) is 6.92 Å². The first-order valence-electron chi connectivity index (χ1n) is 11.9. The minimum absolute atomic E-state index is 0.0266. The van der Waals surface area contributed by atoms with Crippen molar-refractivity contribution in [3.63, 3.8) is 0 Å². The monoisotopic (exact) mass is 691 g/mol. The first-order valence-corrected chi connectivity index (χ1v) is 15.9. The number of benzene rings is 4. The molecule has 2 N–H and O–H groups in total. The molecule has 0 aromatic heterocycles. The molecule has 40 heavy (non-hydrogen) atoms. The molecule has 0 unspecified atom stereocenters. The lowest BCUT2D eigenvalue weighted by Crippen LogP contribution is -2.38. The van der Waals surface area contributed by atoms with Crippen molar-refractivity contribution in [2.75, 3.05) is 28.0 Å². The van der Waals surface area contributed by atoms with Crippen LogP contribution < -0.4 is 19.1 Å². The zero-order valence-electron chi connectivity index (χ0n) is 21.5. The van der Waals surface area contributed by atoms with Gasteiger partial charge in [0.2, 0.25) is 5.91 Å². The van der Waals surface area contributed by atoms with E-state index in [9.17, 15) is 21.6 Å². The number of sulfonamides is 2. The molecule has 4 aromatic rings. The van der Waals surface area contributed by atoms with Crippen LogP contribution in [0, 0.1) is 10.5 Å². The number of carbonyl (C=O) groups is 1. The minimum Gasteiger partial charge on any atom is -0.495 e. The van der Waals surface area contributed by atoms with Gasteiger partial charge in [0.05, 0.1) is 28.3 Å². The van der Waals surface area contributed by atoms with Crippen LogP contribution in [0.5, 0.6) is 5.75 Å². The number of aryl methyl sites for hydroxylation is 1. The van der Waals surface area contributed by atoms with E-state index < -0.39 is 32.5 Å². The highest BCUT2D eigenvalue weighted by molar-refractivity contribution is 14.1. The van der Waals surface area contributed by atoms with E-state index in [-0.39, 0.29) is 9.79 Å². The Hall–Kier alpha value is -3.62. The molecule has 1 amide bonds. The second-order valence-corrected chi connectivity index (χ2v) is 13.5. The minimum atomic E-state index is -4.05. The zero-order valence-corrected chi connectivity index (χ0v) is 25.3. The quantitative estimate of drug-likeness (QED) is 0.220. The van der Waals surface area contributed by atoms with Gasteiger partial charge >= 0.3 is 0 Å². The molecule has 4 rings (SSSR count). The van der Waals surface area contributed by atoms with Crippen molar-refractivity contribution in [1.29, 1.82) is 0 Å². The van der Waals surface area contributed by atoms with E-state index in [1.165, 1.54) is 43.5 Å². The number of halogens is 1. The van der Waals surface area contributed by atoms with Gasteiger partial charge < -0.3 is 10.1 Å². The standard InChI is InChI=1S/C28H26IN3O6S2/c1-20-8-17-27(38-2)26(18-20)31-39(34,35)24-15-11-22(12-16-24)30-28(33)19-32(23-13-9-21(29)10-14-23)40(36,37)25-6-4-3-5-7-25/h3-18,31H,19H2,1-2H3,(H,30,33). The number of hydrogen-bond donors (Lipinski definition) is 2. The van der Waals surface area contributed by atoms with Crippen LogP contribution in [0.4, 0.5) is 17.1 Å². The van der Waals surface area contributed by atoms with Gasteiger partial charge in [-0.1, -0.05) is 24.3 Å². The van der Waals surface area contributed by atoms with E-state index in [2.05, 4.69) is 32.6 Å². The van der Waals surface area contributed by atoms with Crippen LogP contribution in [-0.4, -0.2) is 36.4 Å². The summed E-state index contributed by atoms with van der Waals surface area (Å²) in [7, 11) is -6.55. The van der Waals surface area contributed by atoms with Gasteiger partial charge in [0.15, 0.2) is 0 Å². The lowest BCUT2D eigenvalue weighted by molar-refractivity contribution is -0.114. The summed E-state index contributed by atoms with van der Waals surface area (Å²) in [5, 5.41) is 2.65. The van der Waals surface area contributed by atoms with Gasteiger partial charge in [-0.3, -0.25) is 13.8 Å². The highest BCUT2D eigenvalue weighted by atomic mass is 127. The number of hydrogen-bond acceptors (Lipinski definition) is 6. The molecule has 0 fully saturated rings. The van der Waals surface area contributed by atoms with Gasteiger partial charge in [0.25, 0.3) is 20.0 Å². The van der Waals surface area contributed by atoms with E-state index in [1.54, 1.807) is 60.7 Å². The molecule has 0 aliphatic carbocycles. The second-order valence-electron chi connectivity index (χ2n) is 8.68. The van der Waals surface area contributed by atoms with Gasteiger partial charge in [0.1, 0.15) is 12.3 Å². The maximum atomic E-state index is 13.4. The number of amides is 1. The third-order valence-corrected chi connectivity index (χ3v) is 9.67. The summed E-state index contributed by atoms with van der Waals surface area (Å²) in [6.07, 6.45) is 0. The van der Waals surface area contributed by atoms with Crippen LogP contribution in [0.3, 0.4) is 0 Å². The average Bonchev–Trinajstić information content (AvgIpc) is 2.93. The molecule has 208 valence electrons. The molecule has 0 bridgehead atoms. The highest BCUT2D eigenvalue weighted by Gasteiger charge is 2.27. The molecule has 0 radical (unpaired) electrons. The molecule has 9 nitrogen and oxygen atoms in total. The van der Waals surface area contributed by atoms with E-state index >= 15 is 0 Å². The molecule has 0 saturated carbocycles. The Labute approximate surface area is 247 Å². The Balaban J connectivity index is 1.52. The summed E-state index contributed by atoms with van der Waals surface area (Å²) in [5.74, 6) is -0.225. The van der Waals surface area contributed by atoms with Crippen molar-refractivity contribution in [3.05, 3.63) is 106 Å². The average molecular weight is 692 g/mol. The maximum Gasteiger partial charge on any atom is 0.264 e. The Morgan fingerprint density at radius 3 is 2.12 bits per heavy atom. The third kappa shape index (κ3) is 6.92. The van der Waals surface area contributed by atoms with Crippen LogP contribution in [0.2, 0.25) is 0 Å². The van der Waals surface area contributed by atoms with Gasteiger partial charge in [-0.15, -0.1) is 0 Å². The number of ether oxygens (including phenoxy) is 1. The second kappa shape index (κ2) is 12.3. The Morgan fingerprint density at radius 2 is 1.50 bits per heavy atom. The van der Waals surface area contributed by atoms with Crippen LogP contribution in [0.1, 0.15) is 5.56 Å². The van der Waals surface area contributed by atoms with Gasteiger partial charge in [0, 0.05) is 9.26 Å². The van der Waals surface area contributed by atoms with Crippen LogP contribution in [0.15, 0.2) is 107 Å². The van der Waals surface area contributed by atoms with Crippen molar-refractivity contribution in [2.24, 2.45) is 0 Å². The topological polar surface area (TPSA) is 122 Å². The molecule has 12 heteroatoms. The molecule has 0 aliphatic rings. The summed E-state index contributed by atoms with van der Waals surface area (Å²) in [4.78, 5) is 13.0. The smallest absolute Gasteiger partial charge is 0.264 e. The normalized spacial score (nSPS) is 11.5. The Bertz CT molecular complexity index is 1710. The summed E-state index contributed by atoms with van der Waals surface area (Å²) >= 11 is 2.11. The molecule has 0 spiro atoms. The molecule has 4 aromatic carbocycles. The van der Waals surface area contributed by atoms with Crippen molar-refractivity contribution in [3.8, 4) is 5.75 Å². The number of methoxy groups -OCH3 is 1. The summed E-state index contributed by atoms with van der Waals surface area (Å²) < 4.78 is 62.5. The predicted octanol–water partition coefficient (Wildman–Crippen LogP) is 5.24. The SMILES string of the molecule is COc1ccc(C)cc1NS(=O)(=O)c1ccc(NC(=O)CN(c2ccc(I)cc2)S(=O)(=O)c2ccccc2)cc1. The molecule has 0 aliphatic heterocycles. The lowest BCUT2D eigenvalue weighted by atomic mass is 10.2. The van der Waals surface area contributed by atoms with Crippen molar-refractivity contribution >= 4 is 65.6 Å². The summed E-state index contributed by atoms with van der Waals surface area (Å²) in [5.41, 5.74) is 1.79. The molecular formula is C28H26IN3O6S2. The van der Waals surface area contributed by atoms with Crippen molar-refractivity contribution in [1.82, 2.24) is 0 Å². The van der Waals surface area contributed by atoms with Gasteiger partial charge in [-0.2, -0.15) is 0 Å². The third-order valence-electron chi connectivity index (χ3n) is 5.78. The fourth-order valence-electron chi connectivity index (χ4n) is 3.80. The number of nitrogens with one attached hydrogen (secondary N) is 2. The fraction of sp³-hybridized carbons (Fsp3) is 0.107. The largest absolute Gasteiger partial charge is 0.495 e. The Kier molecular flexibility index (Phi) is 9.01. The lowest BCUT2D eigenvalue weighted by Gasteiger charge is -2.24. The molecular weight excluding hydrogens is 665 g/mol. The summed E-state index contributed by atoms with van der Waals surface area (Å²) in [6, 6.07) is 25.3. The van der Waals surface area contributed by atoms with Crippen LogP contribution >= 0.6 is 22.6 Å². The number of carbonyl (C=O) groups excluding carboxylic acids is 1. The predicted molar refractivity (Wildman–Crippen MR) is 164 cm³/mol. The van der Waals surface area contributed by atoms with Crippen molar-refractivity contribution in [2.45, 2.75) is 16.7 Å². The molecule has 0 atom stereocenters. The van der Waals surface area contributed by atoms with E-state index in [0.29, 0.717) is 22.8 Å². The first kappa shape index (κ1) is 29.4. The number of rotatable bonds is 10. The van der Waals surface area contributed by atoms with E-state index in [4.69, 9.17) is 4.74 Å². The van der Waals surface area contributed by atoms with Crippen LogP contribution in [0.25, 0.3) is 0 Å². The van der Waals surface area contributed by atoms with Crippen LogP contribution in [-0.2, 0) is 24.8 Å². The van der Waals surface area contributed by atoms with Gasteiger partial charge in [-0.05, 0) is 108 Å². The van der Waals surface area contributed by atoms with E-state index in [0.717, 1.165) is 13.4 Å². The Morgan fingerprint density at radius 1 is 0.850 bits per heavy atom. The number of nitrogens with zero attached hydrogens (tertiary/aromatic N) is 1. The number of anilines is 3. The van der Waals surface area contributed by atoms with Gasteiger partial charge in [-0.25, -0.2) is 16.8 Å². The maximum absolute atomic E-state index is 13.4. The first-order chi connectivity index (χ1) is 19.0. The fourth-order valence-corrected chi connectivity index (χ4v) is 6.66. The van der Waals surface area contributed by atoms with Crippen molar-refractivity contribution < 1.29 is 26.4 Å². The molecule has 0 heterocycles. The zero-order chi connectivity index (χ0) is 28.9. The highest BCUT2D eigenvalue weighted by Crippen LogP contribution is 2.28. The molecule has 0 saturated heterocycles. The summed E-state index contributed by atoms with van der Waals surface area (Å²) in [6.45, 7) is 1.34.